The summed E-state index contributed by atoms with van der Waals surface area (Å²) in [5.74, 6) is 0.384. The van der Waals surface area contributed by atoms with Gasteiger partial charge in [0.1, 0.15) is 0 Å². The standard InChI is InChI=1S/C22H29N3O2/c1-14(2)20-15(3)24-25(16(20)4)22(27)18-10-12-19(13-11-18)23-21(26)17-8-6-5-7-9-17/h10-14,17H,5-9H2,1-4H3,(H,23,26). The highest BCUT2D eigenvalue weighted by molar-refractivity contribution is 5.97. The van der Waals surface area contributed by atoms with Gasteiger partial charge in [0.25, 0.3) is 5.91 Å². The van der Waals surface area contributed by atoms with Crippen molar-refractivity contribution in [3.8, 4) is 0 Å². The Balaban J connectivity index is 1.72. The van der Waals surface area contributed by atoms with Gasteiger partial charge in [0, 0.05) is 22.9 Å². The zero-order valence-electron chi connectivity index (χ0n) is 16.7. The number of aromatic nitrogens is 2. The van der Waals surface area contributed by atoms with Crippen LogP contribution in [0, 0.1) is 19.8 Å². The highest BCUT2D eigenvalue weighted by Gasteiger charge is 2.22. The fourth-order valence-electron chi connectivity index (χ4n) is 4.12. The molecular weight excluding hydrogens is 338 g/mol. The van der Waals surface area contributed by atoms with Crippen LogP contribution in [0.3, 0.4) is 0 Å². The van der Waals surface area contributed by atoms with Gasteiger partial charge in [-0.15, -0.1) is 0 Å². The predicted molar refractivity (Wildman–Crippen MR) is 107 cm³/mol. The number of rotatable bonds is 4. The number of nitrogens with zero attached hydrogens (tertiary/aromatic N) is 2. The van der Waals surface area contributed by atoms with Crippen molar-refractivity contribution in [2.24, 2.45) is 5.92 Å². The summed E-state index contributed by atoms with van der Waals surface area (Å²) < 4.78 is 1.49. The molecule has 0 radical (unpaired) electrons. The van der Waals surface area contributed by atoms with Gasteiger partial charge in [-0.05, 0) is 62.4 Å². The van der Waals surface area contributed by atoms with E-state index in [1.54, 1.807) is 24.3 Å². The van der Waals surface area contributed by atoms with Gasteiger partial charge in [0.05, 0.1) is 5.69 Å². The second kappa shape index (κ2) is 8.07. The Labute approximate surface area is 161 Å². The van der Waals surface area contributed by atoms with Crippen molar-refractivity contribution in [2.45, 2.75) is 65.7 Å². The summed E-state index contributed by atoms with van der Waals surface area (Å²) in [6, 6.07) is 7.10. The Morgan fingerprint density at radius 3 is 2.26 bits per heavy atom. The van der Waals surface area contributed by atoms with Crippen LogP contribution in [0.4, 0.5) is 5.69 Å². The van der Waals surface area contributed by atoms with Crippen molar-refractivity contribution in [3.63, 3.8) is 0 Å². The molecule has 1 aliphatic carbocycles. The van der Waals surface area contributed by atoms with Crippen molar-refractivity contribution in [1.82, 2.24) is 9.78 Å². The van der Waals surface area contributed by atoms with Gasteiger partial charge < -0.3 is 5.32 Å². The first-order valence-electron chi connectivity index (χ1n) is 9.90. The molecule has 1 aromatic carbocycles. The molecule has 5 nitrogen and oxygen atoms in total. The fourth-order valence-corrected chi connectivity index (χ4v) is 4.12. The topological polar surface area (TPSA) is 64.0 Å². The maximum absolute atomic E-state index is 12.8. The Morgan fingerprint density at radius 1 is 1.07 bits per heavy atom. The minimum atomic E-state index is -0.146. The lowest BCUT2D eigenvalue weighted by Crippen LogP contribution is -2.24. The predicted octanol–water partition coefficient (Wildman–Crippen LogP) is 4.83. The second-order valence-corrected chi connectivity index (χ2v) is 7.86. The van der Waals surface area contributed by atoms with Crippen molar-refractivity contribution < 1.29 is 9.59 Å². The molecule has 5 heteroatoms. The molecule has 1 N–H and O–H groups in total. The van der Waals surface area contributed by atoms with E-state index in [0.29, 0.717) is 11.5 Å². The van der Waals surface area contributed by atoms with E-state index >= 15 is 0 Å². The molecular formula is C22H29N3O2. The monoisotopic (exact) mass is 367 g/mol. The first kappa shape index (κ1) is 19.3. The molecule has 3 rings (SSSR count). The molecule has 1 aliphatic rings. The summed E-state index contributed by atoms with van der Waals surface area (Å²) in [7, 11) is 0. The first-order chi connectivity index (χ1) is 12.9. The van der Waals surface area contributed by atoms with Crippen LogP contribution < -0.4 is 5.32 Å². The van der Waals surface area contributed by atoms with Crippen LogP contribution in [0.1, 0.15) is 79.2 Å². The van der Waals surface area contributed by atoms with E-state index in [4.69, 9.17) is 0 Å². The van der Waals surface area contributed by atoms with Crippen LogP contribution in [-0.2, 0) is 4.79 Å². The zero-order chi connectivity index (χ0) is 19.6. The van der Waals surface area contributed by atoms with Crippen LogP contribution in [-0.4, -0.2) is 21.6 Å². The molecule has 27 heavy (non-hydrogen) atoms. The number of carbonyl (C=O) groups is 2. The Bertz CT molecular complexity index is 828. The third kappa shape index (κ3) is 4.12. The van der Waals surface area contributed by atoms with Gasteiger partial charge in [-0.3, -0.25) is 9.59 Å². The molecule has 0 aliphatic heterocycles. The van der Waals surface area contributed by atoms with Gasteiger partial charge in [-0.2, -0.15) is 5.10 Å². The van der Waals surface area contributed by atoms with Crippen molar-refractivity contribution >= 4 is 17.5 Å². The lowest BCUT2D eigenvalue weighted by atomic mass is 9.88. The number of benzene rings is 1. The highest BCUT2D eigenvalue weighted by Crippen LogP contribution is 2.26. The molecule has 1 aromatic heterocycles. The first-order valence-corrected chi connectivity index (χ1v) is 9.90. The number of aryl methyl sites for hydroxylation is 1. The zero-order valence-corrected chi connectivity index (χ0v) is 16.7. The molecule has 0 bridgehead atoms. The van der Waals surface area contributed by atoms with Gasteiger partial charge in [-0.1, -0.05) is 33.1 Å². The van der Waals surface area contributed by atoms with E-state index in [1.165, 1.54) is 11.1 Å². The number of anilines is 1. The third-order valence-electron chi connectivity index (χ3n) is 5.49. The van der Waals surface area contributed by atoms with Crippen LogP contribution in [0.5, 0.6) is 0 Å². The lowest BCUT2D eigenvalue weighted by molar-refractivity contribution is -0.120. The van der Waals surface area contributed by atoms with E-state index < -0.39 is 0 Å². The molecule has 1 saturated carbocycles. The quantitative estimate of drug-likeness (QED) is 0.842. The Kier molecular flexibility index (Phi) is 5.78. The second-order valence-electron chi connectivity index (χ2n) is 7.86. The van der Waals surface area contributed by atoms with Gasteiger partial charge in [-0.25, -0.2) is 4.68 Å². The summed E-state index contributed by atoms with van der Waals surface area (Å²) in [6.07, 6.45) is 5.43. The summed E-state index contributed by atoms with van der Waals surface area (Å²) >= 11 is 0. The molecule has 1 amide bonds. The summed E-state index contributed by atoms with van der Waals surface area (Å²) in [6.45, 7) is 8.09. The minimum Gasteiger partial charge on any atom is -0.326 e. The molecule has 2 aromatic rings. The average molecular weight is 367 g/mol. The average Bonchev–Trinajstić information content (AvgIpc) is 2.96. The Morgan fingerprint density at radius 2 is 1.70 bits per heavy atom. The van der Waals surface area contributed by atoms with E-state index in [-0.39, 0.29) is 17.7 Å². The van der Waals surface area contributed by atoms with Crippen LogP contribution in [0.2, 0.25) is 0 Å². The number of hydrogen-bond acceptors (Lipinski definition) is 3. The minimum absolute atomic E-state index is 0.0916. The molecule has 0 unspecified atom stereocenters. The molecule has 0 atom stereocenters. The number of carbonyl (C=O) groups excluding carboxylic acids is 2. The molecule has 144 valence electrons. The molecule has 0 saturated heterocycles. The molecule has 0 spiro atoms. The highest BCUT2D eigenvalue weighted by atomic mass is 16.2. The number of amides is 1. The fraction of sp³-hybridized carbons (Fsp3) is 0.500. The van der Waals surface area contributed by atoms with Crippen LogP contribution in [0.25, 0.3) is 0 Å². The SMILES string of the molecule is Cc1nn(C(=O)c2ccc(NC(=O)C3CCCCC3)cc2)c(C)c1C(C)C. The summed E-state index contributed by atoms with van der Waals surface area (Å²) in [4.78, 5) is 25.2. The smallest absolute Gasteiger partial charge is 0.278 e. The van der Waals surface area contributed by atoms with Crippen molar-refractivity contribution in [3.05, 3.63) is 46.8 Å². The van der Waals surface area contributed by atoms with Gasteiger partial charge in [0.15, 0.2) is 0 Å². The Hall–Kier alpha value is -2.43. The normalized spacial score (nSPS) is 15.1. The molecule has 1 fully saturated rings. The molecule has 1 heterocycles. The number of nitrogens with one attached hydrogen (secondary N) is 1. The maximum Gasteiger partial charge on any atom is 0.278 e. The summed E-state index contributed by atoms with van der Waals surface area (Å²) in [5.41, 5.74) is 4.21. The third-order valence-corrected chi connectivity index (χ3v) is 5.49. The lowest BCUT2D eigenvalue weighted by Gasteiger charge is -2.20. The van der Waals surface area contributed by atoms with E-state index in [0.717, 1.165) is 48.3 Å². The summed E-state index contributed by atoms with van der Waals surface area (Å²) in [5, 5.41) is 7.42. The van der Waals surface area contributed by atoms with E-state index in [1.807, 2.05) is 13.8 Å². The van der Waals surface area contributed by atoms with Gasteiger partial charge in [0.2, 0.25) is 5.91 Å². The number of hydrogen-bond donors (Lipinski definition) is 1. The van der Waals surface area contributed by atoms with Crippen molar-refractivity contribution in [1.29, 1.82) is 0 Å². The van der Waals surface area contributed by atoms with Gasteiger partial charge >= 0.3 is 0 Å². The largest absolute Gasteiger partial charge is 0.326 e. The van der Waals surface area contributed by atoms with E-state index in [2.05, 4.69) is 24.3 Å². The van der Waals surface area contributed by atoms with E-state index in [9.17, 15) is 9.59 Å². The van der Waals surface area contributed by atoms with Crippen LogP contribution >= 0.6 is 0 Å². The van der Waals surface area contributed by atoms with Crippen LogP contribution in [0.15, 0.2) is 24.3 Å². The van der Waals surface area contributed by atoms with Crippen molar-refractivity contribution in [2.75, 3.05) is 5.32 Å². The maximum atomic E-state index is 12.8.